The molecule has 11 heavy (non-hydrogen) atoms. The minimum atomic E-state index is -1.45. The van der Waals surface area contributed by atoms with Gasteiger partial charge in [-0.1, -0.05) is 0 Å². The molecule has 0 saturated heterocycles. The molecule has 0 aromatic carbocycles. The van der Waals surface area contributed by atoms with E-state index in [0.717, 1.165) is 0 Å². The molecule has 0 aliphatic rings. The van der Waals surface area contributed by atoms with Gasteiger partial charge in [0.2, 0.25) is 0 Å². The Morgan fingerprint density at radius 2 is 2.27 bits per heavy atom. The van der Waals surface area contributed by atoms with Crippen LogP contribution in [0.4, 0.5) is 0 Å². The molecule has 0 radical (unpaired) electrons. The lowest BCUT2D eigenvalue weighted by atomic mass is 9.87. The smallest absolute Gasteiger partial charge is 0.328 e. The minimum absolute atomic E-state index is 0.713. The Bertz CT molecular complexity index is 194. The molecule has 0 aromatic heterocycles. The number of ether oxygens (including phenoxy) is 1. The van der Waals surface area contributed by atoms with Gasteiger partial charge in [0.1, 0.15) is 0 Å². The van der Waals surface area contributed by atoms with E-state index in [2.05, 4.69) is 4.74 Å². The molecule has 0 rings (SSSR count). The van der Waals surface area contributed by atoms with Crippen LogP contribution in [0.5, 0.6) is 0 Å². The summed E-state index contributed by atoms with van der Waals surface area (Å²) in [5.74, 6) is -0.713. The molecule has 0 spiro atoms. The van der Waals surface area contributed by atoms with Crippen LogP contribution in [-0.4, -0.2) is 24.3 Å². The molecule has 62 valence electrons. The van der Waals surface area contributed by atoms with Gasteiger partial charge in [0, 0.05) is 0 Å². The lowest BCUT2D eigenvalue weighted by Crippen LogP contribution is -2.37. The van der Waals surface area contributed by atoms with Crippen LogP contribution in [0, 0.1) is 16.7 Å². The molecule has 1 N–H and O–H groups in total. The van der Waals surface area contributed by atoms with Crippen LogP contribution in [0.3, 0.4) is 0 Å². The number of carbonyl (C=O) groups is 1. The highest BCUT2D eigenvalue weighted by Crippen LogP contribution is 2.21. The largest absolute Gasteiger partial charge is 0.468 e. The highest BCUT2D eigenvalue weighted by Gasteiger charge is 2.39. The van der Waals surface area contributed by atoms with Gasteiger partial charge >= 0.3 is 5.97 Å². The van der Waals surface area contributed by atoms with Gasteiger partial charge < -0.3 is 9.84 Å². The summed E-state index contributed by atoms with van der Waals surface area (Å²) in [5, 5.41) is 17.6. The fraction of sp³-hybridized carbons (Fsp3) is 0.714. The summed E-state index contributed by atoms with van der Waals surface area (Å²) >= 11 is 0. The summed E-state index contributed by atoms with van der Waals surface area (Å²) in [6.07, 6.45) is -1.03. The number of hydrogen-bond donors (Lipinski definition) is 1. The van der Waals surface area contributed by atoms with Crippen molar-refractivity contribution in [3.63, 3.8) is 0 Å². The summed E-state index contributed by atoms with van der Waals surface area (Å²) in [5.41, 5.74) is -1.45. The van der Waals surface area contributed by atoms with Crippen molar-refractivity contribution >= 4 is 5.97 Å². The predicted molar refractivity (Wildman–Crippen MR) is 37.4 cm³/mol. The highest BCUT2D eigenvalue weighted by molar-refractivity contribution is 5.80. The van der Waals surface area contributed by atoms with Gasteiger partial charge in [0.15, 0.2) is 5.41 Å². The van der Waals surface area contributed by atoms with Gasteiger partial charge in [-0.2, -0.15) is 5.26 Å². The summed E-state index contributed by atoms with van der Waals surface area (Å²) in [4.78, 5) is 10.9. The van der Waals surface area contributed by atoms with Crippen molar-refractivity contribution < 1.29 is 14.6 Å². The lowest BCUT2D eigenvalue weighted by Gasteiger charge is -2.20. The summed E-state index contributed by atoms with van der Waals surface area (Å²) in [7, 11) is 1.18. The number of hydrogen-bond acceptors (Lipinski definition) is 4. The normalized spacial score (nSPS) is 17.7. The molecule has 0 heterocycles. The van der Waals surface area contributed by atoms with Crippen LogP contribution in [0.15, 0.2) is 0 Å². The van der Waals surface area contributed by atoms with E-state index in [1.165, 1.54) is 21.0 Å². The number of aliphatic hydroxyl groups is 1. The fourth-order valence-electron chi connectivity index (χ4n) is 0.522. The van der Waals surface area contributed by atoms with Crippen molar-refractivity contribution in [2.75, 3.05) is 7.11 Å². The number of carbonyl (C=O) groups excluding carboxylic acids is 1. The number of methoxy groups -OCH3 is 1. The summed E-state index contributed by atoms with van der Waals surface area (Å²) in [6.45, 7) is 2.71. The quantitative estimate of drug-likeness (QED) is 0.576. The predicted octanol–water partition coefficient (Wildman–Crippen LogP) is 0.0701. The average Bonchev–Trinajstić information content (AvgIpc) is 2.01. The maximum Gasteiger partial charge on any atom is 0.328 e. The zero-order valence-corrected chi connectivity index (χ0v) is 6.79. The first kappa shape index (κ1) is 9.92. The third-order valence-electron chi connectivity index (χ3n) is 1.68. The maximum atomic E-state index is 10.9. The molecule has 0 amide bonds. The molecule has 4 nitrogen and oxygen atoms in total. The third kappa shape index (κ3) is 1.69. The van der Waals surface area contributed by atoms with Crippen LogP contribution in [0.2, 0.25) is 0 Å². The minimum Gasteiger partial charge on any atom is -0.468 e. The Morgan fingerprint density at radius 1 is 1.82 bits per heavy atom. The fourth-order valence-corrected chi connectivity index (χ4v) is 0.522. The number of esters is 1. The van der Waals surface area contributed by atoms with Crippen molar-refractivity contribution in [1.29, 1.82) is 5.26 Å². The van der Waals surface area contributed by atoms with Gasteiger partial charge in [0.05, 0.1) is 19.3 Å². The van der Waals surface area contributed by atoms with E-state index < -0.39 is 17.5 Å². The van der Waals surface area contributed by atoms with Crippen molar-refractivity contribution in [2.45, 2.75) is 20.0 Å². The van der Waals surface area contributed by atoms with Crippen LogP contribution >= 0.6 is 0 Å². The van der Waals surface area contributed by atoms with E-state index in [1.807, 2.05) is 0 Å². The Hall–Kier alpha value is -1.08. The number of aliphatic hydroxyl groups excluding tert-OH is 1. The molecule has 0 bridgehead atoms. The Balaban J connectivity index is 4.64. The molecular formula is C7H11NO3. The molecule has 4 heteroatoms. The molecule has 0 aliphatic heterocycles. The second-order valence-corrected chi connectivity index (χ2v) is 2.48. The lowest BCUT2D eigenvalue weighted by molar-refractivity contribution is -0.153. The first-order valence-corrected chi connectivity index (χ1v) is 3.16. The van der Waals surface area contributed by atoms with Gasteiger partial charge in [0.25, 0.3) is 0 Å². The van der Waals surface area contributed by atoms with Crippen molar-refractivity contribution in [3.05, 3.63) is 0 Å². The van der Waals surface area contributed by atoms with E-state index in [9.17, 15) is 4.79 Å². The Labute approximate surface area is 65.4 Å². The van der Waals surface area contributed by atoms with Crippen molar-refractivity contribution in [2.24, 2.45) is 5.41 Å². The van der Waals surface area contributed by atoms with Crippen molar-refractivity contribution in [1.82, 2.24) is 0 Å². The topological polar surface area (TPSA) is 70.3 Å². The number of rotatable bonds is 2. The standard InChI is InChI=1S/C7H11NO3/c1-5(9)7(2,4-8)6(10)11-3/h5,9H,1-3H3/t5-,7-/m0/s1. The van der Waals surface area contributed by atoms with Crippen LogP contribution < -0.4 is 0 Å². The van der Waals surface area contributed by atoms with Gasteiger partial charge in [-0.05, 0) is 13.8 Å². The van der Waals surface area contributed by atoms with E-state index in [0.29, 0.717) is 0 Å². The van der Waals surface area contributed by atoms with E-state index in [4.69, 9.17) is 10.4 Å². The third-order valence-corrected chi connectivity index (χ3v) is 1.68. The molecule has 0 aliphatic carbocycles. The Kier molecular flexibility index (Phi) is 3.02. The van der Waals surface area contributed by atoms with Gasteiger partial charge in [-0.25, -0.2) is 0 Å². The SMILES string of the molecule is COC(=O)[C@@](C)(C#N)[C@H](C)O. The number of nitriles is 1. The zero-order valence-electron chi connectivity index (χ0n) is 6.79. The molecule has 0 saturated carbocycles. The first-order chi connectivity index (χ1) is 4.99. The Morgan fingerprint density at radius 3 is 2.36 bits per heavy atom. The first-order valence-electron chi connectivity index (χ1n) is 3.16. The van der Waals surface area contributed by atoms with Crippen LogP contribution in [-0.2, 0) is 9.53 Å². The molecule has 0 unspecified atom stereocenters. The molecule has 2 atom stereocenters. The van der Waals surface area contributed by atoms with Gasteiger partial charge in [-0.3, -0.25) is 4.79 Å². The molecule has 0 aromatic rings. The second kappa shape index (κ2) is 3.35. The summed E-state index contributed by atoms with van der Waals surface area (Å²) in [6, 6.07) is 1.70. The monoisotopic (exact) mass is 157 g/mol. The molecule has 0 fully saturated rings. The molecular weight excluding hydrogens is 146 g/mol. The van der Waals surface area contributed by atoms with E-state index in [-0.39, 0.29) is 0 Å². The van der Waals surface area contributed by atoms with Crippen LogP contribution in [0.1, 0.15) is 13.8 Å². The van der Waals surface area contributed by atoms with Crippen molar-refractivity contribution in [3.8, 4) is 6.07 Å². The van der Waals surface area contributed by atoms with E-state index >= 15 is 0 Å². The summed E-state index contributed by atoms with van der Waals surface area (Å²) < 4.78 is 4.35. The van der Waals surface area contributed by atoms with Gasteiger partial charge in [-0.15, -0.1) is 0 Å². The van der Waals surface area contributed by atoms with E-state index in [1.54, 1.807) is 6.07 Å². The zero-order chi connectivity index (χ0) is 9.07. The highest BCUT2D eigenvalue weighted by atomic mass is 16.5. The second-order valence-electron chi connectivity index (χ2n) is 2.48. The average molecular weight is 157 g/mol. The van der Waals surface area contributed by atoms with Crippen LogP contribution in [0.25, 0.3) is 0 Å². The maximum absolute atomic E-state index is 10.9. The number of nitrogens with zero attached hydrogens (tertiary/aromatic N) is 1.